The molecule has 1 rings (SSSR count). The predicted octanol–water partition coefficient (Wildman–Crippen LogP) is 0.436. The Bertz CT molecular complexity index is 381. The number of hydrogen-bond acceptors (Lipinski definition) is 4. The topological polar surface area (TPSA) is 67.5 Å². The average molecular weight is 305 g/mol. The van der Waals surface area contributed by atoms with Crippen molar-refractivity contribution in [2.45, 2.75) is 38.9 Å². The van der Waals surface area contributed by atoms with Gasteiger partial charge in [-0.3, -0.25) is 4.68 Å². The van der Waals surface area contributed by atoms with Crippen molar-refractivity contribution in [3.05, 3.63) is 10.7 Å². The first-order valence-corrected chi connectivity index (χ1v) is 6.11. The number of rotatable bonds is 4. The van der Waals surface area contributed by atoms with Crippen molar-refractivity contribution >= 4 is 28.6 Å². The van der Waals surface area contributed by atoms with Gasteiger partial charge in [0.25, 0.3) is 0 Å². The van der Waals surface area contributed by atoms with Crippen LogP contribution in [0.15, 0.2) is 10.7 Å². The van der Waals surface area contributed by atoms with Gasteiger partial charge in [0.2, 0.25) is 0 Å². The zero-order valence-corrected chi connectivity index (χ0v) is 12.3. The van der Waals surface area contributed by atoms with Gasteiger partial charge in [-0.05, 0) is 43.6 Å². The molecule has 7 heteroatoms. The average Bonchev–Trinajstić information content (AvgIpc) is 2.43. The Balaban J connectivity index is 2.91. The van der Waals surface area contributed by atoms with Crippen LogP contribution in [0.4, 0.5) is 0 Å². The Labute approximate surface area is 110 Å². The standard InChI is InChI=1S/C10H18BBrN2O3/c1-9(2,15)10(3,4)17-11(16)8-7(12)6-13-14(8)5/h6,15-16H,1-5H3. The lowest BCUT2D eigenvalue weighted by Gasteiger charge is -2.38. The van der Waals surface area contributed by atoms with Gasteiger partial charge in [-0.2, -0.15) is 5.10 Å². The fourth-order valence-corrected chi connectivity index (χ4v) is 1.72. The Morgan fingerprint density at radius 1 is 1.41 bits per heavy atom. The van der Waals surface area contributed by atoms with Gasteiger partial charge in [0.1, 0.15) is 0 Å². The highest BCUT2D eigenvalue weighted by atomic mass is 79.9. The van der Waals surface area contributed by atoms with E-state index >= 15 is 0 Å². The van der Waals surface area contributed by atoms with Crippen molar-refractivity contribution in [2.24, 2.45) is 7.05 Å². The van der Waals surface area contributed by atoms with Gasteiger partial charge in [0, 0.05) is 7.05 Å². The molecule has 1 heterocycles. The molecule has 1 aromatic rings. The van der Waals surface area contributed by atoms with E-state index in [9.17, 15) is 10.1 Å². The molecule has 0 aliphatic carbocycles. The second kappa shape index (κ2) is 4.72. The molecule has 0 saturated carbocycles. The van der Waals surface area contributed by atoms with E-state index in [0.29, 0.717) is 10.1 Å². The van der Waals surface area contributed by atoms with E-state index in [2.05, 4.69) is 21.0 Å². The van der Waals surface area contributed by atoms with E-state index in [-0.39, 0.29) is 0 Å². The largest absolute Gasteiger partial charge is 0.512 e. The van der Waals surface area contributed by atoms with Gasteiger partial charge in [0.05, 0.1) is 27.5 Å². The molecule has 17 heavy (non-hydrogen) atoms. The van der Waals surface area contributed by atoms with Gasteiger partial charge in [-0.25, -0.2) is 0 Å². The lowest BCUT2D eigenvalue weighted by Crippen LogP contribution is -2.54. The number of aromatic nitrogens is 2. The molecule has 0 saturated heterocycles. The summed E-state index contributed by atoms with van der Waals surface area (Å²) in [6.07, 6.45) is 1.58. The Kier molecular flexibility index (Phi) is 4.08. The molecule has 5 nitrogen and oxygen atoms in total. The monoisotopic (exact) mass is 304 g/mol. The van der Waals surface area contributed by atoms with Crippen LogP contribution in [0, 0.1) is 0 Å². The highest BCUT2D eigenvalue weighted by Gasteiger charge is 2.40. The van der Waals surface area contributed by atoms with Crippen LogP contribution in [0.3, 0.4) is 0 Å². The molecule has 0 fully saturated rings. The third-order valence-electron chi connectivity index (χ3n) is 3.05. The smallest absolute Gasteiger partial charge is 0.422 e. The van der Waals surface area contributed by atoms with E-state index in [1.54, 1.807) is 40.9 Å². The Morgan fingerprint density at radius 2 is 1.94 bits per heavy atom. The van der Waals surface area contributed by atoms with Gasteiger partial charge in [-0.1, -0.05) is 0 Å². The summed E-state index contributed by atoms with van der Waals surface area (Å²) in [7, 11) is 0.558. The minimum Gasteiger partial charge on any atom is -0.422 e. The van der Waals surface area contributed by atoms with Crippen molar-refractivity contribution in [3.8, 4) is 0 Å². The molecular weight excluding hydrogens is 287 g/mol. The molecule has 2 N–H and O–H groups in total. The van der Waals surface area contributed by atoms with Crippen LogP contribution in [-0.2, 0) is 11.7 Å². The van der Waals surface area contributed by atoms with E-state index in [1.165, 1.54) is 4.68 Å². The molecule has 0 amide bonds. The molecule has 96 valence electrons. The summed E-state index contributed by atoms with van der Waals surface area (Å²) in [6, 6.07) is 0. The Hall–Kier alpha value is -0.365. The first kappa shape index (κ1) is 14.7. The van der Waals surface area contributed by atoms with Gasteiger partial charge in [0.15, 0.2) is 0 Å². The summed E-state index contributed by atoms with van der Waals surface area (Å²) < 4.78 is 7.71. The number of hydrogen-bond donors (Lipinski definition) is 2. The third kappa shape index (κ3) is 3.10. The first-order valence-electron chi connectivity index (χ1n) is 5.32. The summed E-state index contributed by atoms with van der Waals surface area (Å²) in [6.45, 7) is 6.72. The Morgan fingerprint density at radius 3 is 2.29 bits per heavy atom. The van der Waals surface area contributed by atoms with Crippen LogP contribution < -0.4 is 5.59 Å². The van der Waals surface area contributed by atoms with Crippen molar-refractivity contribution in [3.63, 3.8) is 0 Å². The number of nitrogens with zero attached hydrogens (tertiary/aromatic N) is 2. The highest BCUT2D eigenvalue weighted by Crippen LogP contribution is 2.25. The molecule has 0 aromatic carbocycles. The van der Waals surface area contributed by atoms with Crippen LogP contribution in [0.25, 0.3) is 0 Å². The van der Waals surface area contributed by atoms with E-state index in [4.69, 9.17) is 4.65 Å². The van der Waals surface area contributed by atoms with Crippen LogP contribution >= 0.6 is 15.9 Å². The predicted molar refractivity (Wildman–Crippen MR) is 70.0 cm³/mol. The molecule has 0 radical (unpaired) electrons. The van der Waals surface area contributed by atoms with Gasteiger partial charge >= 0.3 is 7.12 Å². The normalized spacial score (nSPS) is 12.9. The first-order chi connectivity index (χ1) is 7.56. The second-order valence-corrected chi connectivity index (χ2v) is 5.90. The molecular formula is C10H18BBrN2O3. The maximum absolute atomic E-state index is 10.0. The molecule has 0 aliphatic rings. The fourth-order valence-electron chi connectivity index (χ4n) is 1.18. The number of halogens is 1. The summed E-state index contributed by atoms with van der Waals surface area (Å²) in [5.41, 5.74) is -1.45. The minimum atomic E-state index is -1.15. The van der Waals surface area contributed by atoms with Crippen LogP contribution in [0.1, 0.15) is 27.7 Å². The summed E-state index contributed by atoms with van der Waals surface area (Å²) >= 11 is 3.29. The fraction of sp³-hybridized carbons (Fsp3) is 0.700. The third-order valence-corrected chi connectivity index (χ3v) is 3.66. The summed E-state index contributed by atoms with van der Waals surface area (Å²) in [4.78, 5) is 0. The molecule has 0 aliphatic heterocycles. The number of aryl methyl sites for hydroxylation is 1. The zero-order valence-electron chi connectivity index (χ0n) is 10.7. The highest BCUT2D eigenvalue weighted by molar-refractivity contribution is 9.10. The summed E-state index contributed by atoms with van der Waals surface area (Å²) in [5, 5.41) is 24.0. The molecule has 0 atom stereocenters. The van der Waals surface area contributed by atoms with Crippen LogP contribution in [-0.4, -0.2) is 38.2 Å². The SMILES string of the molecule is Cn1ncc(Br)c1B(O)OC(C)(C)C(C)(C)O. The van der Waals surface area contributed by atoms with Crippen molar-refractivity contribution in [1.29, 1.82) is 0 Å². The molecule has 0 spiro atoms. The lowest BCUT2D eigenvalue weighted by atomic mass is 9.80. The second-order valence-electron chi connectivity index (χ2n) is 5.04. The van der Waals surface area contributed by atoms with Crippen molar-refractivity contribution < 1.29 is 14.8 Å². The van der Waals surface area contributed by atoms with Crippen LogP contribution in [0.5, 0.6) is 0 Å². The van der Waals surface area contributed by atoms with Crippen molar-refractivity contribution in [2.75, 3.05) is 0 Å². The van der Waals surface area contributed by atoms with Gasteiger partial charge in [-0.15, -0.1) is 0 Å². The minimum absolute atomic E-state index is 0.516. The van der Waals surface area contributed by atoms with E-state index in [0.717, 1.165) is 0 Å². The number of aliphatic hydroxyl groups is 1. The maximum atomic E-state index is 10.0. The zero-order chi connectivity index (χ0) is 13.4. The molecule has 0 bridgehead atoms. The summed E-state index contributed by atoms with van der Waals surface area (Å²) in [5.74, 6) is 0. The van der Waals surface area contributed by atoms with E-state index in [1.807, 2.05) is 0 Å². The maximum Gasteiger partial charge on any atom is 0.512 e. The van der Waals surface area contributed by atoms with E-state index < -0.39 is 18.3 Å². The lowest BCUT2D eigenvalue weighted by molar-refractivity contribution is -0.0984. The van der Waals surface area contributed by atoms with Gasteiger partial charge < -0.3 is 14.8 Å². The van der Waals surface area contributed by atoms with Crippen molar-refractivity contribution in [1.82, 2.24) is 9.78 Å². The molecule has 0 unspecified atom stereocenters. The van der Waals surface area contributed by atoms with Crippen LogP contribution in [0.2, 0.25) is 0 Å². The molecule has 1 aromatic heterocycles. The quantitative estimate of drug-likeness (QED) is 0.792.